The molecular formula is C18H28F3N3O4. The lowest BCUT2D eigenvalue weighted by Gasteiger charge is -2.36. The summed E-state index contributed by atoms with van der Waals surface area (Å²) in [5, 5.41) is 1.86. The van der Waals surface area contributed by atoms with Crippen LogP contribution in [0.1, 0.15) is 46.5 Å². The van der Waals surface area contributed by atoms with Crippen molar-refractivity contribution < 1.29 is 32.3 Å². The molecule has 0 spiro atoms. The van der Waals surface area contributed by atoms with Crippen molar-refractivity contribution in [3.05, 3.63) is 0 Å². The third kappa shape index (κ3) is 6.27. The highest BCUT2D eigenvalue weighted by molar-refractivity contribution is 5.89. The lowest BCUT2D eigenvalue weighted by Crippen LogP contribution is -2.52. The number of halogens is 3. The molecule has 28 heavy (non-hydrogen) atoms. The second-order valence-electron chi connectivity index (χ2n) is 8.29. The van der Waals surface area contributed by atoms with Crippen molar-refractivity contribution in [1.29, 1.82) is 0 Å². The fraction of sp³-hybridized carbons (Fsp3) is 0.833. The van der Waals surface area contributed by atoms with Crippen LogP contribution in [-0.2, 0) is 14.3 Å². The second kappa shape index (κ2) is 8.57. The second-order valence-corrected chi connectivity index (χ2v) is 8.29. The lowest BCUT2D eigenvalue weighted by atomic mass is 9.96. The van der Waals surface area contributed by atoms with Gasteiger partial charge in [0.15, 0.2) is 0 Å². The molecule has 0 aromatic carbocycles. The molecule has 2 saturated heterocycles. The smallest absolute Gasteiger partial charge is 0.410 e. The fourth-order valence-corrected chi connectivity index (χ4v) is 3.51. The summed E-state index contributed by atoms with van der Waals surface area (Å²) < 4.78 is 42.4. The molecule has 2 unspecified atom stereocenters. The molecule has 2 heterocycles. The van der Waals surface area contributed by atoms with E-state index in [4.69, 9.17) is 4.74 Å². The number of carbonyl (C=O) groups is 3. The van der Waals surface area contributed by atoms with E-state index < -0.39 is 42.3 Å². The van der Waals surface area contributed by atoms with Gasteiger partial charge in [0.2, 0.25) is 11.8 Å². The maximum absolute atomic E-state index is 12.9. The first kappa shape index (κ1) is 22.3. The number of ether oxygens (including phenoxy) is 1. The van der Waals surface area contributed by atoms with Crippen LogP contribution in [0.3, 0.4) is 0 Å². The minimum absolute atomic E-state index is 0.182. The first-order chi connectivity index (χ1) is 12.9. The van der Waals surface area contributed by atoms with E-state index in [0.29, 0.717) is 38.8 Å². The Labute approximate surface area is 162 Å². The van der Waals surface area contributed by atoms with E-state index in [1.54, 1.807) is 20.8 Å². The summed E-state index contributed by atoms with van der Waals surface area (Å²) in [7, 11) is 0. The summed E-state index contributed by atoms with van der Waals surface area (Å²) in [6.07, 6.45) is -2.93. The summed E-state index contributed by atoms with van der Waals surface area (Å²) in [4.78, 5) is 40.1. The summed E-state index contributed by atoms with van der Waals surface area (Å²) >= 11 is 0. The average Bonchev–Trinajstić information content (AvgIpc) is 3.06. The minimum Gasteiger partial charge on any atom is -0.444 e. The van der Waals surface area contributed by atoms with Crippen molar-refractivity contribution in [1.82, 2.24) is 15.1 Å². The largest absolute Gasteiger partial charge is 0.444 e. The van der Waals surface area contributed by atoms with Crippen molar-refractivity contribution >= 4 is 17.9 Å². The zero-order valence-corrected chi connectivity index (χ0v) is 16.5. The van der Waals surface area contributed by atoms with E-state index in [9.17, 15) is 27.6 Å². The zero-order chi connectivity index (χ0) is 21.1. The quantitative estimate of drug-likeness (QED) is 0.779. The van der Waals surface area contributed by atoms with Gasteiger partial charge in [-0.2, -0.15) is 13.2 Å². The van der Waals surface area contributed by atoms with E-state index in [1.807, 2.05) is 5.32 Å². The number of alkyl halides is 3. The summed E-state index contributed by atoms with van der Waals surface area (Å²) in [6.45, 7) is 4.84. The van der Waals surface area contributed by atoms with Gasteiger partial charge >= 0.3 is 12.3 Å². The number of nitrogens with one attached hydrogen (secondary N) is 1. The number of hydrogen-bond acceptors (Lipinski definition) is 4. The van der Waals surface area contributed by atoms with Gasteiger partial charge in [-0.3, -0.25) is 9.59 Å². The monoisotopic (exact) mass is 407 g/mol. The van der Waals surface area contributed by atoms with Crippen molar-refractivity contribution in [2.75, 3.05) is 26.2 Å². The third-order valence-corrected chi connectivity index (χ3v) is 4.72. The Morgan fingerprint density at radius 2 is 1.71 bits per heavy atom. The number of piperidine rings is 1. The van der Waals surface area contributed by atoms with Crippen LogP contribution in [0.25, 0.3) is 0 Å². The first-order valence-electron chi connectivity index (χ1n) is 9.50. The van der Waals surface area contributed by atoms with Crippen LogP contribution < -0.4 is 5.32 Å². The molecule has 2 rings (SSSR count). The fourth-order valence-electron chi connectivity index (χ4n) is 3.51. The Balaban J connectivity index is 1.97. The van der Waals surface area contributed by atoms with Gasteiger partial charge in [-0.15, -0.1) is 0 Å². The maximum atomic E-state index is 12.9. The predicted molar refractivity (Wildman–Crippen MR) is 94.3 cm³/mol. The van der Waals surface area contributed by atoms with Crippen molar-refractivity contribution in [3.63, 3.8) is 0 Å². The number of nitrogens with zero attached hydrogens (tertiary/aromatic N) is 2. The van der Waals surface area contributed by atoms with E-state index in [2.05, 4.69) is 0 Å². The Morgan fingerprint density at radius 3 is 2.32 bits per heavy atom. The van der Waals surface area contributed by atoms with Crippen molar-refractivity contribution in [2.45, 2.75) is 64.3 Å². The number of carbonyl (C=O) groups excluding carboxylic acids is 3. The average molecular weight is 407 g/mol. The molecule has 2 fully saturated rings. The zero-order valence-electron chi connectivity index (χ0n) is 16.5. The van der Waals surface area contributed by atoms with Crippen LogP contribution in [0.2, 0.25) is 0 Å². The van der Waals surface area contributed by atoms with E-state index in [0.717, 1.165) is 0 Å². The molecule has 0 saturated carbocycles. The maximum Gasteiger partial charge on any atom is 0.410 e. The Kier molecular flexibility index (Phi) is 6.82. The van der Waals surface area contributed by atoms with Crippen LogP contribution in [0.15, 0.2) is 0 Å². The highest BCUT2D eigenvalue weighted by Gasteiger charge is 2.40. The molecule has 160 valence electrons. The lowest BCUT2D eigenvalue weighted by molar-refractivity contribution is -0.147. The van der Waals surface area contributed by atoms with Gasteiger partial charge < -0.3 is 19.9 Å². The van der Waals surface area contributed by atoms with Gasteiger partial charge in [-0.25, -0.2) is 4.79 Å². The molecule has 2 atom stereocenters. The van der Waals surface area contributed by atoms with Gasteiger partial charge in [0.25, 0.3) is 0 Å². The molecular weight excluding hydrogens is 379 g/mol. The molecule has 0 aromatic rings. The number of hydrogen-bond donors (Lipinski definition) is 1. The molecule has 10 heteroatoms. The van der Waals surface area contributed by atoms with Crippen LogP contribution in [0, 0.1) is 5.92 Å². The molecule has 0 bridgehead atoms. The normalized spacial score (nSPS) is 23.5. The van der Waals surface area contributed by atoms with Gasteiger partial charge in [0, 0.05) is 19.6 Å². The van der Waals surface area contributed by atoms with Gasteiger partial charge in [-0.1, -0.05) is 0 Å². The van der Waals surface area contributed by atoms with E-state index >= 15 is 0 Å². The van der Waals surface area contributed by atoms with Gasteiger partial charge in [0.05, 0.1) is 5.92 Å². The SMILES string of the molecule is CC(C)(C)OC(=O)N1CCCC(C(=O)N2CCCC2C(=O)NCC(F)(F)F)C1. The number of rotatable bonds is 3. The molecule has 1 N–H and O–H groups in total. The molecule has 0 aromatic heterocycles. The first-order valence-corrected chi connectivity index (χ1v) is 9.50. The molecule has 0 radical (unpaired) electrons. The highest BCUT2D eigenvalue weighted by atomic mass is 19.4. The molecule has 2 aliphatic heterocycles. The Bertz CT molecular complexity index is 604. The highest BCUT2D eigenvalue weighted by Crippen LogP contribution is 2.26. The van der Waals surface area contributed by atoms with Crippen molar-refractivity contribution in [2.24, 2.45) is 5.92 Å². The molecule has 2 aliphatic rings. The Morgan fingerprint density at radius 1 is 1.07 bits per heavy atom. The van der Waals surface area contributed by atoms with E-state index in [1.165, 1.54) is 9.80 Å². The van der Waals surface area contributed by atoms with Crippen molar-refractivity contribution in [3.8, 4) is 0 Å². The summed E-state index contributed by atoms with van der Waals surface area (Å²) in [5.41, 5.74) is -0.648. The van der Waals surface area contributed by atoms with Crippen LogP contribution >= 0.6 is 0 Å². The van der Waals surface area contributed by atoms with E-state index in [-0.39, 0.29) is 12.5 Å². The third-order valence-electron chi connectivity index (χ3n) is 4.72. The van der Waals surface area contributed by atoms with Gasteiger partial charge in [-0.05, 0) is 46.5 Å². The van der Waals surface area contributed by atoms with Crippen LogP contribution in [0.5, 0.6) is 0 Å². The minimum atomic E-state index is -4.50. The van der Waals surface area contributed by atoms with Crippen LogP contribution in [-0.4, -0.2) is 71.7 Å². The standard InChI is InChI=1S/C18H28F3N3O4/c1-17(2,3)28-16(27)23-8-4-6-12(10-23)15(26)24-9-5-7-13(24)14(25)22-11-18(19,20)21/h12-13H,4-11H2,1-3H3,(H,22,25). The molecule has 3 amide bonds. The van der Waals surface area contributed by atoms with Gasteiger partial charge in [0.1, 0.15) is 18.2 Å². The van der Waals surface area contributed by atoms with Crippen LogP contribution in [0.4, 0.5) is 18.0 Å². The predicted octanol–water partition coefficient (Wildman–Crippen LogP) is 2.30. The molecule has 0 aliphatic carbocycles. The number of likely N-dealkylation sites (tertiary alicyclic amines) is 2. The Hall–Kier alpha value is -2.00. The summed E-state index contributed by atoms with van der Waals surface area (Å²) in [5.74, 6) is -1.57. The number of amides is 3. The molecule has 7 nitrogen and oxygen atoms in total. The summed E-state index contributed by atoms with van der Waals surface area (Å²) in [6, 6.07) is -0.897. The topological polar surface area (TPSA) is 79.0 Å².